The van der Waals surface area contributed by atoms with Gasteiger partial charge in [-0.1, -0.05) is 13.8 Å². The monoisotopic (exact) mass is 308 g/mol. The lowest BCUT2D eigenvalue weighted by molar-refractivity contribution is 0.178. The van der Waals surface area contributed by atoms with Gasteiger partial charge in [-0.3, -0.25) is 4.68 Å². The van der Waals surface area contributed by atoms with E-state index in [-0.39, 0.29) is 12.1 Å². The van der Waals surface area contributed by atoms with Gasteiger partial charge in [0.25, 0.3) is 0 Å². The summed E-state index contributed by atoms with van der Waals surface area (Å²) >= 11 is 0. The molecule has 0 saturated carbocycles. The molecule has 0 bridgehead atoms. The number of nitrogens with one attached hydrogen (secondary N) is 2. The predicted octanol–water partition coefficient (Wildman–Crippen LogP) is 1.77. The van der Waals surface area contributed by atoms with E-state index in [1.807, 2.05) is 18.7 Å². The second-order valence-corrected chi connectivity index (χ2v) is 5.94. The van der Waals surface area contributed by atoms with Crippen LogP contribution in [0.4, 0.5) is 4.79 Å². The molecule has 1 aliphatic rings. The second-order valence-electron chi connectivity index (χ2n) is 5.94. The van der Waals surface area contributed by atoms with Gasteiger partial charge in [0.2, 0.25) is 0 Å². The Labute approximate surface area is 132 Å². The first-order valence-electron chi connectivity index (χ1n) is 8.22. The topological polar surface area (TPSA) is 68.2 Å². The Bertz CT molecular complexity index is 506. The summed E-state index contributed by atoms with van der Waals surface area (Å²) in [7, 11) is 1.96. The van der Waals surface area contributed by atoms with Crippen molar-refractivity contribution in [1.82, 2.24) is 20.4 Å². The van der Waals surface area contributed by atoms with Crippen LogP contribution in [-0.2, 0) is 31.2 Å². The first kappa shape index (κ1) is 16.8. The Hall–Kier alpha value is -1.56. The van der Waals surface area contributed by atoms with Gasteiger partial charge in [-0.05, 0) is 26.2 Å². The minimum atomic E-state index is -0.118. The molecule has 22 heavy (non-hydrogen) atoms. The van der Waals surface area contributed by atoms with Crippen LogP contribution in [0.2, 0.25) is 0 Å². The van der Waals surface area contributed by atoms with E-state index in [1.54, 1.807) is 0 Å². The van der Waals surface area contributed by atoms with E-state index in [4.69, 9.17) is 4.74 Å². The third-order valence-corrected chi connectivity index (χ3v) is 4.48. The molecule has 2 amide bonds. The van der Waals surface area contributed by atoms with Crippen molar-refractivity contribution in [2.45, 2.75) is 52.6 Å². The molecule has 0 aliphatic carbocycles. The standard InChI is InChI=1S/C16H28N4O2/c1-5-14-13(15(6-2)20(4)19-14)9-17-16(21)18-11(3)12-7-8-22-10-12/h11-12H,5-10H2,1-4H3,(H2,17,18,21). The summed E-state index contributed by atoms with van der Waals surface area (Å²) in [5.41, 5.74) is 3.41. The van der Waals surface area contributed by atoms with Gasteiger partial charge in [-0.25, -0.2) is 4.79 Å². The molecule has 1 aromatic heterocycles. The molecule has 1 saturated heterocycles. The lowest BCUT2D eigenvalue weighted by atomic mass is 10.0. The molecule has 2 N–H and O–H groups in total. The first-order valence-corrected chi connectivity index (χ1v) is 8.22. The third kappa shape index (κ3) is 3.80. The van der Waals surface area contributed by atoms with Gasteiger partial charge in [0.05, 0.1) is 12.3 Å². The van der Waals surface area contributed by atoms with E-state index >= 15 is 0 Å². The van der Waals surface area contributed by atoms with Crippen molar-refractivity contribution in [1.29, 1.82) is 0 Å². The van der Waals surface area contributed by atoms with Crippen molar-refractivity contribution < 1.29 is 9.53 Å². The van der Waals surface area contributed by atoms with E-state index in [9.17, 15) is 4.79 Å². The Morgan fingerprint density at radius 3 is 2.82 bits per heavy atom. The fraction of sp³-hybridized carbons (Fsp3) is 0.750. The average molecular weight is 308 g/mol. The van der Waals surface area contributed by atoms with Crippen molar-refractivity contribution in [2.75, 3.05) is 13.2 Å². The van der Waals surface area contributed by atoms with Crippen molar-refractivity contribution >= 4 is 6.03 Å². The number of rotatable bonds is 6. The van der Waals surface area contributed by atoms with Crippen LogP contribution in [0.25, 0.3) is 0 Å². The molecule has 0 radical (unpaired) electrons. The highest BCUT2D eigenvalue weighted by atomic mass is 16.5. The average Bonchev–Trinajstić information content (AvgIpc) is 3.12. The normalized spacial score (nSPS) is 19.2. The summed E-state index contributed by atoms with van der Waals surface area (Å²) < 4.78 is 7.29. The molecule has 124 valence electrons. The number of nitrogens with zero attached hydrogens (tertiary/aromatic N) is 2. The number of urea groups is 1. The maximum atomic E-state index is 12.1. The Morgan fingerprint density at radius 2 is 2.23 bits per heavy atom. The van der Waals surface area contributed by atoms with Crippen molar-refractivity contribution in [3.05, 3.63) is 17.0 Å². The number of carbonyl (C=O) groups excluding carboxylic acids is 1. The fourth-order valence-corrected chi connectivity index (χ4v) is 3.09. The van der Waals surface area contributed by atoms with Gasteiger partial charge < -0.3 is 15.4 Å². The molecule has 1 aliphatic heterocycles. The molecule has 1 fully saturated rings. The van der Waals surface area contributed by atoms with Gasteiger partial charge in [0.1, 0.15) is 0 Å². The van der Waals surface area contributed by atoms with Crippen LogP contribution in [-0.4, -0.2) is 35.1 Å². The molecule has 1 aromatic rings. The maximum Gasteiger partial charge on any atom is 0.315 e. The van der Waals surface area contributed by atoms with E-state index in [1.165, 1.54) is 5.69 Å². The zero-order chi connectivity index (χ0) is 16.1. The summed E-state index contributed by atoms with van der Waals surface area (Å²) in [6.07, 6.45) is 2.81. The van der Waals surface area contributed by atoms with Gasteiger partial charge >= 0.3 is 6.03 Å². The summed E-state index contributed by atoms with van der Waals surface area (Å²) in [4.78, 5) is 12.1. The Morgan fingerprint density at radius 1 is 1.45 bits per heavy atom. The Kier molecular flexibility index (Phi) is 5.83. The Balaban J connectivity index is 1.90. The van der Waals surface area contributed by atoms with E-state index in [2.05, 4.69) is 29.6 Å². The highest BCUT2D eigenvalue weighted by Gasteiger charge is 2.23. The number of hydrogen-bond acceptors (Lipinski definition) is 3. The number of ether oxygens (including phenoxy) is 1. The van der Waals surface area contributed by atoms with Crippen LogP contribution >= 0.6 is 0 Å². The molecule has 2 atom stereocenters. The molecule has 6 nitrogen and oxygen atoms in total. The van der Waals surface area contributed by atoms with Crippen molar-refractivity contribution in [3.63, 3.8) is 0 Å². The number of hydrogen-bond donors (Lipinski definition) is 2. The van der Waals surface area contributed by atoms with Gasteiger partial charge in [-0.15, -0.1) is 0 Å². The molecular weight excluding hydrogens is 280 g/mol. The predicted molar refractivity (Wildman–Crippen MR) is 85.7 cm³/mol. The molecule has 2 heterocycles. The summed E-state index contributed by atoms with van der Waals surface area (Å²) in [5.74, 6) is 0.418. The molecule has 0 aromatic carbocycles. The van der Waals surface area contributed by atoms with Gasteiger partial charge in [0, 0.05) is 43.4 Å². The third-order valence-electron chi connectivity index (χ3n) is 4.48. The molecule has 0 spiro atoms. The summed E-state index contributed by atoms with van der Waals surface area (Å²) in [6, 6.07) is 0.0139. The van der Waals surface area contributed by atoms with Gasteiger partial charge in [0.15, 0.2) is 0 Å². The maximum absolute atomic E-state index is 12.1. The lowest BCUT2D eigenvalue weighted by Gasteiger charge is -2.19. The van der Waals surface area contributed by atoms with Crippen LogP contribution in [0.15, 0.2) is 0 Å². The molecule has 6 heteroatoms. The van der Waals surface area contributed by atoms with Crippen LogP contribution in [0.3, 0.4) is 0 Å². The summed E-state index contributed by atoms with van der Waals surface area (Å²) in [6.45, 7) is 8.31. The van der Waals surface area contributed by atoms with E-state index in [0.29, 0.717) is 12.5 Å². The SMILES string of the molecule is CCc1nn(C)c(CC)c1CNC(=O)NC(C)C1CCOC1. The minimum absolute atomic E-state index is 0.118. The smallest absolute Gasteiger partial charge is 0.315 e. The summed E-state index contributed by atoms with van der Waals surface area (Å²) in [5, 5.41) is 10.5. The molecular formula is C16H28N4O2. The number of aryl methyl sites for hydroxylation is 2. The zero-order valence-electron chi connectivity index (χ0n) is 14.1. The van der Waals surface area contributed by atoms with Crippen LogP contribution in [0, 0.1) is 5.92 Å². The van der Waals surface area contributed by atoms with Crippen LogP contribution in [0.1, 0.15) is 44.1 Å². The van der Waals surface area contributed by atoms with E-state index < -0.39 is 0 Å². The number of amides is 2. The molecule has 2 rings (SSSR count). The van der Waals surface area contributed by atoms with Crippen molar-refractivity contribution in [2.24, 2.45) is 13.0 Å². The zero-order valence-corrected chi connectivity index (χ0v) is 14.1. The lowest BCUT2D eigenvalue weighted by Crippen LogP contribution is -2.44. The van der Waals surface area contributed by atoms with Crippen molar-refractivity contribution in [3.8, 4) is 0 Å². The molecule has 2 unspecified atom stereocenters. The highest BCUT2D eigenvalue weighted by molar-refractivity contribution is 5.74. The fourth-order valence-electron chi connectivity index (χ4n) is 3.09. The quantitative estimate of drug-likeness (QED) is 0.841. The largest absolute Gasteiger partial charge is 0.381 e. The highest BCUT2D eigenvalue weighted by Crippen LogP contribution is 2.17. The second kappa shape index (κ2) is 7.63. The van der Waals surface area contributed by atoms with Crippen LogP contribution in [0.5, 0.6) is 0 Å². The van der Waals surface area contributed by atoms with E-state index in [0.717, 1.165) is 43.7 Å². The minimum Gasteiger partial charge on any atom is -0.381 e. The van der Waals surface area contributed by atoms with Gasteiger partial charge in [-0.2, -0.15) is 5.10 Å². The van der Waals surface area contributed by atoms with Crippen LogP contribution < -0.4 is 10.6 Å². The number of carbonyl (C=O) groups is 1. The number of aromatic nitrogens is 2. The first-order chi connectivity index (χ1) is 10.6.